The van der Waals surface area contributed by atoms with E-state index in [0.29, 0.717) is 5.69 Å². The highest BCUT2D eigenvalue weighted by atomic mass is 79.9. The molecule has 23 heavy (non-hydrogen) atoms. The third kappa shape index (κ3) is 2.62. The van der Waals surface area contributed by atoms with Gasteiger partial charge in [-0.1, -0.05) is 40.2 Å². The highest BCUT2D eigenvalue weighted by molar-refractivity contribution is 9.10. The summed E-state index contributed by atoms with van der Waals surface area (Å²) in [7, 11) is 0. The van der Waals surface area contributed by atoms with Gasteiger partial charge in [0.1, 0.15) is 0 Å². The molecular formula is C19H13BrN2O. The fourth-order valence-corrected chi connectivity index (χ4v) is 3.08. The average Bonchev–Trinajstić information content (AvgIpc) is 3.16. The SMILES string of the molecule is O=C(/C=C/c1c[nH]c2cc(Br)ccc12)c1cc2ccccc2[nH]1. The van der Waals surface area contributed by atoms with Crippen molar-refractivity contribution in [3.05, 3.63) is 76.5 Å². The summed E-state index contributed by atoms with van der Waals surface area (Å²) in [6.07, 6.45) is 5.36. The number of carbonyl (C=O) groups excluding carboxylic acids is 1. The summed E-state index contributed by atoms with van der Waals surface area (Å²) in [6.45, 7) is 0. The zero-order valence-corrected chi connectivity index (χ0v) is 13.7. The first-order valence-corrected chi connectivity index (χ1v) is 8.07. The number of rotatable bonds is 3. The van der Waals surface area contributed by atoms with E-state index in [0.717, 1.165) is 31.8 Å². The van der Waals surface area contributed by atoms with Gasteiger partial charge >= 0.3 is 0 Å². The number of halogens is 1. The van der Waals surface area contributed by atoms with E-state index in [1.54, 1.807) is 6.08 Å². The average molecular weight is 365 g/mol. The first kappa shape index (κ1) is 14.0. The molecule has 0 unspecified atom stereocenters. The van der Waals surface area contributed by atoms with Crippen LogP contribution in [0.2, 0.25) is 0 Å². The molecule has 4 rings (SSSR count). The Hall–Kier alpha value is -2.59. The Bertz CT molecular complexity index is 1020. The Morgan fingerprint density at radius 3 is 2.78 bits per heavy atom. The lowest BCUT2D eigenvalue weighted by atomic mass is 10.1. The Morgan fingerprint density at radius 1 is 1.04 bits per heavy atom. The fourth-order valence-electron chi connectivity index (χ4n) is 2.72. The van der Waals surface area contributed by atoms with Crippen molar-refractivity contribution < 1.29 is 4.79 Å². The zero-order chi connectivity index (χ0) is 15.8. The van der Waals surface area contributed by atoms with Crippen LogP contribution in [0.4, 0.5) is 0 Å². The molecule has 0 spiro atoms. The predicted molar refractivity (Wildman–Crippen MR) is 97.7 cm³/mol. The first-order chi connectivity index (χ1) is 11.2. The largest absolute Gasteiger partial charge is 0.361 e. The minimum absolute atomic E-state index is 0.0346. The Kier molecular flexibility index (Phi) is 3.39. The van der Waals surface area contributed by atoms with Crippen molar-refractivity contribution in [1.29, 1.82) is 0 Å². The summed E-state index contributed by atoms with van der Waals surface area (Å²) < 4.78 is 1.02. The molecule has 4 heteroatoms. The number of hydrogen-bond donors (Lipinski definition) is 2. The minimum atomic E-state index is -0.0346. The third-order valence-electron chi connectivity index (χ3n) is 3.89. The smallest absolute Gasteiger partial charge is 0.202 e. The van der Waals surface area contributed by atoms with Crippen LogP contribution in [0.15, 0.2) is 65.3 Å². The van der Waals surface area contributed by atoms with E-state index in [4.69, 9.17) is 0 Å². The maximum Gasteiger partial charge on any atom is 0.202 e. The Morgan fingerprint density at radius 2 is 1.91 bits per heavy atom. The number of H-pyrrole nitrogens is 2. The summed E-state index contributed by atoms with van der Waals surface area (Å²) in [5, 5.41) is 2.13. The Balaban J connectivity index is 1.65. The number of aromatic amines is 2. The van der Waals surface area contributed by atoms with Gasteiger partial charge in [0.2, 0.25) is 5.78 Å². The molecule has 2 N–H and O–H groups in total. The van der Waals surface area contributed by atoms with Gasteiger partial charge in [0.05, 0.1) is 5.69 Å². The van der Waals surface area contributed by atoms with Gasteiger partial charge in [-0.2, -0.15) is 0 Å². The van der Waals surface area contributed by atoms with Crippen molar-refractivity contribution in [2.45, 2.75) is 0 Å². The summed E-state index contributed by atoms with van der Waals surface area (Å²) in [6, 6.07) is 15.8. The molecule has 2 aromatic carbocycles. The molecule has 0 fully saturated rings. The van der Waals surface area contributed by atoms with Gasteiger partial charge in [-0.05, 0) is 42.0 Å². The van der Waals surface area contributed by atoms with Crippen LogP contribution in [0, 0.1) is 0 Å². The van der Waals surface area contributed by atoms with Crippen LogP contribution in [0.5, 0.6) is 0 Å². The second kappa shape index (κ2) is 5.56. The predicted octanol–water partition coefficient (Wildman–Crippen LogP) is 5.31. The quantitative estimate of drug-likeness (QED) is 0.375. The van der Waals surface area contributed by atoms with E-state index < -0.39 is 0 Å². The van der Waals surface area contributed by atoms with Crippen LogP contribution in [-0.2, 0) is 0 Å². The summed E-state index contributed by atoms with van der Waals surface area (Å²) in [5.41, 5.74) is 3.61. The first-order valence-electron chi connectivity index (χ1n) is 7.27. The molecule has 0 radical (unpaired) electrons. The van der Waals surface area contributed by atoms with Crippen molar-refractivity contribution in [3.63, 3.8) is 0 Å². The Labute approximate surface area is 141 Å². The number of nitrogens with one attached hydrogen (secondary N) is 2. The lowest BCUT2D eigenvalue weighted by Crippen LogP contribution is -1.93. The van der Waals surface area contributed by atoms with Crippen LogP contribution < -0.4 is 0 Å². The maximum atomic E-state index is 12.4. The summed E-state index contributed by atoms with van der Waals surface area (Å²) in [5.74, 6) is -0.0346. The topological polar surface area (TPSA) is 48.6 Å². The van der Waals surface area contributed by atoms with Gasteiger partial charge in [-0.25, -0.2) is 0 Å². The number of para-hydroxylation sites is 1. The molecule has 3 nitrogen and oxygen atoms in total. The molecule has 4 aromatic rings. The number of allylic oxidation sites excluding steroid dienone is 1. The maximum absolute atomic E-state index is 12.4. The van der Waals surface area contributed by atoms with Gasteiger partial charge in [0, 0.05) is 32.5 Å². The van der Waals surface area contributed by atoms with Crippen LogP contribution in [-0.4, -0.2) is 15.8 Å². The van der Waals surface area contributed by atoms with Crippen molar-refractivity contribution >= 4 is 49.6 Å². The number of aromatic nitrogens is 2. The normalized spacial score (nSPS) is 11.7. The summed E-state index contributed by atoms with van der Waals surface area (Å²) >= 11 is 3.45. The number of benzene rings is 2. The van der Waals surface area contributed by atoms with E-state index in [1.807, 2.05) is 60.8 Å². The molecule has 0 amide bonds. The lowest BCUT2D eigenvalue weighted by Gasteiger charge is -1.93. The molecule has 2 heterocycles. The highest BCUT2D eigenvalue weighted by Crippen LogP contribution is 2.23. The van der Waals surface area contributed by atoms with Gasteiger partial charge in [-0.3, -0.25) is 4.79 Å². The van der Waals surface area contributed by atoms with E-state index in [2.05, 4.69) is 25.9 Å². The van der Waals surface area contributed by atoms with E-state index in [9.17, 15) is 4.79 Å². The molecule has 0 atom stereocenters. The number of hydrogen-bond acceptors (Lipinski definition) is 1. The molecule has 112 valence electrons. The van der Waals surface area contributed by atoms with E-state index in [-0.39, 0.29) is 5.78 Å². The minimum Gasteiger partial charge on any atom is -0.361 e. The second-order valence-corrected chi connectivity index (χ2v) is 6.32. The van der Waals surface area contributed by atoms with Crippen LogP contribution in [0.3, 0.4) is 0 Å². The molecule has 0 bridgehead atoms. The molecular weight excluding hydrogens is 352 g/mol. The standard InChI is InChI=1S/C19H13BrN2O/c20-14-6-7-15-13(11-21-17(15)10-14)5-8-19(23)18-9-12-3-1-2-4-16(12)22-18/h1-11,21-22H/b8-5+. The van der Waals surface area contributed by atoms with Crippen LogP contribution >= 0.6 is 15.9 Å². The molecule has 0 aliphatic carbocycles. The van der Waals surface area contributed by atoms with Gasteiger partial charge in [0.15, 0.2) is 0 Å². The van der Waals surface area contributed by atoms with Gasteiger partial charge < -0.3 is 9.97 Å². The molecule has 0 aliphatic heterocycles. The zero-order valence-electron chi connectivity index (χ0n) is 12.1. The van der Waals surface area contributed by atoms with E-state index >= 15 is 0 Å². The second-order valence-electron chi connectivity index (χ2n) is 5.40. The highest BCUT2D eigenvalue weighted by Gasteiger charge is 2.07. The third-order valence-corrected chi connectivity index (χ3v) is 4.38. The lowest BCUT2D eigenvalue weighted by molar-refractivity contribution is 0.104. The molecule has 2 aromatic heterocycles. The summed E-state index contributed by atoms with van der Waals surface area (Å²) in [4.78, 5) is 18.7. The van der Waals surface area contributed by atoms with Crippen molar-refractivity contribution in [1.82, 2.24) is 9.97 Å². The number of ketones is 1. The van der Waals surface area contributed by atoms with Gasteiger partial charge in [-0.15, -0.1) is 0 Å². The van der Waals surface area contributed by atoms with Crippen molar-refractivity contribution in [3.8, 4) is 0 Å². The fraction of sp³-hybridized carbons (Fsp3) is 0. The monoisotopic (exact) mass is 364 g/mol. The van der Waals surface area contributed by atoms with Crippen LogP contribution in [0.25, 0.3) is 27.9 Å². The number of fused-ring (bicyclic) bond motifs is 2. The van der Waals surface area contributed by atoms with Crippen molar-refractivity contribution in [2.75, 3.05) is 0 Å². The number of carbonyl (C=O) groups is 1. The van der Waals surface area contributed by atoms with E-state index in [1.165, 1.54) is 0 Å². The molecule has 0 aliphatic rings. The van der Waals surface area contributed by atoms with Crippen LogP contribution in [0.1, 0.15) is 16.1 Å². The van der Waals surface area contributed by atoms with Crippen molar-refractivity contribution in [2.24, 2.45) is 0 Å². The molecule has 0 saturated carbocycles. The molecule has 0 saturated heterocycles. The van der Waals surface area contributed by atoms with Gasteiger partial charge in [0.25, 0.3) is 0 Å².